The van der Waals surface area contributed by atoms with Crippen LogP contribution in [-0.4, -0.2) is 5.84 Å². The minimum atomic E-state index is -0.334. The molecule has 1 heterocycles. The molecule has 67 valence electrons. The van der Waals surface area contributed by atoms with Gasteiger partial charge in [-0.05, 0) is 18.2 Å². The summed E-state index contributed by atoms with van der Waals surface area (Å²) in [5.41, 5.74) is 0.541. The zero-order chi connectivity index (χ0) is 9.26. The molecule has 13 heavy (non-hydrogen) atoms. The minimum Gasteiger partial charge on any atom is -0.207 e. The predicted molar refractivity (Wildman–Crippen MR) is 55.3 cm³/mol. The maximum atomic E-state index is 12.8. The Bertz CT molecular complexity index is 370. The molecule has 0 N–H and O–H groups in total. The van der Waals surface area contributed by atoms with Crippen molar-refractivity contribution in [3.8, 4) is 0 Å². The van der Waals surface area contributed by atoms with E-state index in [1.807, 2.05) is 0 Å². The topological polar surface area (TPSA) is 26.5 Å². The van der Waals surface area contributed by atoms with Gasteiger partial charge in [-0.3, -0.25) is 0 Å². The van der Waals surface area contributed by atoms with Crippen LogP contribution in [0.15, 0.2) is 22.6 Å². The highest BCUT2D eigenvalue weighted by atomic mass is 35.5. The molecule has 1 aromatic carbocycles. The van der Waals surface area contributed by atoms with Crippen LogP contribution in [0, 0.1) is 5.82 Å². The van der Waals surface area contributed by atoms with E-state index >= 15 is 0 Å². The van der Waals surface area contributed by atoms with Crippen molar-refractivity contribution in [3.63, 3.8) is 0 Å². The maximum absolute atomic E-state index is 12.8. The Kier molecular flexibility index (Phi) is 2.66. The molecule has 0 aliphatic carbocycles. The van der Waals surface area contributed by atoms with Gasteiger partial charge in [0.15, 0.2) is 5.84 Å². The van der Waals surface area contributed by atoms with Gasteiger partial charge in [-0.15, -0.1) is 0 Å². The lowest BCUT2D eigenvalue weighted by Gasteiger charge is -2.00. The standard InChI is InChI=1S/C7H3ClFN2S2/c8-6-2-1-4(9)3-5(6)7-10-12-13-11-7/h1-3H. The summed E-state index contributed by atoms with van der Waals surface area (Å²) in [6, 6.07) is 4.14. The van der Waals surface area contributed by atoms with E-state index < -0.39 is 0 Å². The van der Waals surface area contributed by atoms with Gasteiger partial charge in [0.1, 0.15) is 5.82 Å². The van der Waals surface area contributed by atoms with Crippen LogP contribution in [0.3, 0.4) is 0 Å². The number of benzene rings is 1. The average Bonchev–Trinajstić information content (AvgIpc) is 2.61. The monoisotopic (exact) mass is 233 g/mol. The van der Waals surface area contributed by atoms with E-state index in [2.05, 4.69) is 9.12 Å². The highest BCUT2D eigenvalue weighted by molar-refractivity contribution is 8.76. The number of halogens is 2. The first kappa shape index (κ1) is 9.18. The second-order valence-electron chi connectivity index (χ2n) is 2.28. The van der Waals surface area contributed by atoms with E-state index in [0.29, 0.717) is 16.4 Å². The molecule has 2 rings (SSSR count). The van der Waals surface area contributed by atoms with Gasteiger partial charge < -0.3 is 0 Å². The summed E-state index contributed by atoms with van der Waals surface area (Å²) in [5, 5.41) is 0.465. The number of amidine groups is 1. The van der Waals surface area contributed by atoms with Crippen LogP contribution >= 0.6 is 33.6 Å². The molecule has 1 aromatic rings. The molecule has 0 atom stereocenters. The molecule has 2 nitrogen and oxygen atoms in total. The summed E-state index contributed by atoms with van der Waals surface area (Å²) in [6.45, 7) is 0. The van der Waals surface area contributed by atoms with Crippen LogP contribution in [0.2, 0.25) is 5.02 Å². The minimum absolute atomic E-state index is 0.334. The van der Waals surface area contributed by atoms with Crippen molar-refractivity contribution in [2.45, 2.75) is 0 Å². The zero-order valence-electron chi connectivity index (χ0n) is 6.20. The lowest BCUT2D eigenvalue weighted by Crippen LogP contribution is -2.06. The Labute approximate surface area is 87.6 Å². The number of hydrogen-bond acceptors (Lipinski definition) is 3. The van der Waals surface area contributed by atoms with E-state index in [1.54, 1.807) is 0 Å². The Morgan fingerprint density at radius 1 is 1.31 bits per heavy atom. The summed E-state index contributed by atoms with van der Waals surface area (Å²) in [7, 11) is 2.50. The van der Waals surface area contributed by atoms with Crippen molar-refractivity contribution in [1.29, 1.82) is 0 Å². The first-order valence-electron chi connectivity index (χ1n) is 3.35. The molecule has 0 bridgehead atoms. The van der Waals surface area contributed by atoms with Crippen LogP contribution in [0.5, 0.6) is 0 Å². The molecule has 0 unspecified atom stereocenters. The van der Waals surface area contributed by atoms with Crippen molar-refractivity contribution in [1.82, 2.24) is 4.72 Å². The number of hydrogen-bond donors (Lipinski definition) is 0. The zero-order valence-corrected chi connectivity index (χ0v) is 8.59. The van der Waals surface area contributed by atoms with Gasteiger partial charge >= 0.3 is 0 Å². The van der Waals surface area contributed by atoms with Crippen LogP contribution in [0.25, 0.3) is 0 Å². The van der Waals surface area contributed by atoms with Crippen LogP contribution in [-0.2, 0) is 0 Å². The Morgan fingerprint density at radius 2 is 2.15 bits per heavy atom. The first-order valence-corrected chi connectivity index (χ1v) is 5.79. The predicted octanol–water partition coefficient (Wildman–Crippen LogP) is 3.06. The van der Waals surface area contributed by atoms with Crippen molar-refractivity contribution >= 4 is 39.4 Å². The molecular weight excluding hydrogens is 231 g/mol. The summed E-state index contributed by atoms with van der Waals surface area (Å²) >= 11 is 5.85. The molecule has 0 aromatic heterocycles. The third kappa shape index (κ3) is 1.92. The van der Waals surface area contributed by atoms with Gasteiger partial charge in [0.05, 0.1) is 27.0 Å². The first-order chi connectivity index (χ1) is 6.27. The normalized spacial score (nSPS) is 15.4. The third-order valence-corrected chi connectivity index (χ3v) is 2.99. The highest BCUT2D eigenvalue weighted by Gasteiger charge is 2.15. The van der Waals surface area contributed by atoms with Gasteiger partial charge in [-0.1, -0.05) is 11.6 Å². The average molecular weight is 234 g/mol. The van der Waals surface area contributed by atoms with E-state index in [9.17, 15) is 4.39 Å². The number of nitrogens with zero attached hydrogens (tertiary/aromatic N) is 2. The summed E-state index contributed by atoms with van der Waals surface area (Å²) in [6.07, 6.45) is 0. The second-order valence-corrected chi connectivity index (χ2v) is 4.24. The highest BCUT2D eigenvalue weighted by Crippen LogP contribution is 2.30. The Balaban J connectivity index is 2.43. The second kappa shape index (κ2) is 3.77. The molecular formula is C7H3ClFN2S2. The Morgan fingerprint density at radius 3 is 2.85 bits per heavy atom. The lowest BCUT2D eigenvalue weighted by molar-refractivity contribution is 0.627. The number of rotatable bonds is 1. The van der Waals surface area contributed by atoms with Gasteiger partial charge in [0.2, 0.25) is 0 Å². The smallest absolute Gasteiger partial charge is 0.178 e. The SMILES string of the molecule is Fc1ccc(Cl)c(C2=NSS[N]2)c1. The van der Waals surface area contributed by atoms with Gasteiger partial charge in [-0.2, -0.15) is 9.12 Å². The molecule has 0 fully saturated rings. The van der Waals surface area contributed by atoms with Crippen LogP contribution in [0.4, 0.5) is 4.39 Å². The molecule has 0 saturated heterocycles. The quantitative estimate of drug-likeness (QED) is 0.551. The fourth-order valence-electron chi connectivity index (χ4n) is 0.888. The molecule has 1 aliphatic rings. The molecule has 1 radical (unpaired) electrons. The van der Waals surface area contributed by atoms with Crippen molar-refractivity contribution < 1.29 is 4.39 Å². The fraction of sp³-hybridized carbons (Fsp3) is 0. The van der Waals surface area contributed by atoms with Crippen molar-refractivity contribution in [2.24, 2.45) is 4.40 Å². The molecule has 0 amide bonds. The summed E-state index contributed by atoms with van der Waals surface area (Å²) < 4.78 is 20.8. The molecule has 6 heteroatoms. The van der Waals surface area contributed by atoms with Gasteiger partial charge in [0, 0.05) is 5.56 Å². The van der Waals surface area contributed by atoms with E-state index in [4.69, 9.17) is 11.6 Å². The molecule has 1 aliphatic heterocycles. The van der Waals surface area contributed by atoms with Gasteiger partial charge in [-0.25, -0.2) is 4.39 Å². The van der Waals surface area contributed by atoms with Gasteiger partial charge in [0.25, 0.3) is 0 Å². The van der Waals surface area contributed by atoms with E-state index in [0.717, 1.165) is 0 Å². The lowest BCUT2D eigenvalue weighted by atomic mass is 10.2. The van der Waals surface area contributed by atoms with Crippen LogP contribution in [0.1, 0.15) is 5.56 Å². The summed E-state index contributed by atoms with van der Waals surface area (Å²) in [4.78, 5) is 0. The van der Waals surface area contributed by atoms with Crippen molar-refractivity contribution in [3.05, 3.63) is 34.6 Å². The maximum Gasteiger partial charge on any atom is 0.178 e. The van der Waals surface area contributed by atoms with E-state index in [-0.39, 0.29) is 5.82 Å². The van der Waals surface area contributed by atoms with E-state index in [1.165, 1.54) is 40.2 Å². The molecule has 0 saturated carbocycles. The third-order valence-electron chi connectivity index (χ3n) is 1.45. The summed E-state index contributed by atoms with van der Waals surface area (Å²) in [5.74, 6) is 0.152. The Hall–Kier alpha value is -0.390. The fourth-order valence-corrected chi connectivity index (χ4v) is 2.25. The van der Waals surface area contributed by atoms with Crippen LogP contribution < -0.4 is 4.72 Å². The van der Waals surface area contributed by atoms with Crippen molar-refractivity contribution in [2.75, 3.05) is 0 Å². The largest absolute Gasteiger partial charge is 0.207 e. The molecule has 0 spiro atoms.